The van der Waals surface area contributed by atoms with E-state index in [1.54, 1.807) is 4.90 Å². The zero-order chi connectivity index (χ0) is 17.9. The summed E-state index contributed by atoms with van der Waals surface area (Å²) < 4.78 is 40.4. The van der Waals surface area contributed by atoms with E-state index in [4.69, 9.17) is 0 Å². The Hall–Kier alpha value is -1.56. The number of benzene rings is 1. The highest BCUT2D eigenvalue weighted by atomic mass is 19.4. The van der Waals surface area contributed by atoms with Gasteiger partial charge in [-0.05, 0) is 18.4 Å². The van der Waals surface area contributed by atoms with Crippen LogP contribution in [0.1, 0.15) is 37.7 Å². The van der Waals surface area contributed by atoms with E-state index >= 15 is 0 Å². The molecule has 0 unspecified atom stereocenters. The third-order valence-corrected chi connectivity index (χ3v) is 5.35. The second kappa shape index (κ2) is 7.77. The van der Waals surface area contributed by atoms with E-state index in [1.165, 1.54) is 0 Å². The first kappa shape index (κ1) is 18.2. The summed E-state index contributed by atoms with van der Waals surface area (Å²) in [6.07, 6.45) is 0.633. The van der Waals surface area contributed by atoms with Gasteiger partial charge in [-0.3, -0.25) is 9.69 Å². The van der Waals surface area contributed by atoms with Crippen LogP contribution in [0.3, 0.4) is 0 Å². The van der Waals surface area contributed by atoms with E-state index in [0.29, 0.717) is 6.54 Å². The molecule has 0 bridgehead atoms. The molecule has 1 aromatic carbocycles. The number of hydrogen-bond donors (Lipinski definition) is 1. The predicted octanol–water partition coefficient (Wildman–Crippen LogP) is 3.75. The third-order valence-electron chi connectivity index (χ3n) is 5.35. The van der Waals surface area contributed by atoms with E-state index in [-0.39, 0.29) is 19.1 Å². The van der Waals surface area contributed by atoms with Crippen molar-refractivity contribution >= 4 is 5.91 Å². The lowest BCUT2D eigenvalue weighted by molar-refractivity contribution is -0.183. The van der Waals surface area contributed by atoms with Crippen molar-refractivity contribution in [2.24, 2.45) is 11.8 Å². The van der Waals surface area contributed by atoms with E-state index < -0.39 is 23.9 Å². The Bertz CT molecular complexity index is 570. The van der Waals surface area contributed by atoms with E-state index in [1.807, 2.05) is 30.3 Å². The molecule has 1 saturated heterocycles. The third kappa shape index (κ3) is 4.75. The highest BCUT2D eigenvalue weighted by Gasteiger charge is 2.52. The second-order valence-corrected chi connectivity index (χ2v) is 7.28. The Morgan fingerprint density at radius 2 is 1.76 bits per heavy atom. The largest absolute Gasteiger partial charge is 0.393 e. The number of likely N-dealkylation sites (tertiary alicyclic amines) is 1. The summed E-state index contributed by atoms with van der Waals surface area (Å²) in [4.78, 5) is 14.3. The van der Waals surface area contributed by atoms with Crippen molar-refractivity contribution in [1.29, 1.82) is 0 Å². The number of alkyl halides is 3. The van der Waals surface area contributed by atoms with Gasteiger partial charge < -0.3 is 5.32 Å². The van der Waals surface area contributed by atoms with Gasteiger partial charge in [-0.1, -0.05) is 49.6 Å². The lowest BCUT2D eigenvalue weighted by Gasteiger charge is -2.26. The SMILES string of the molecule is O=C(NC1CCCCC1)[C@H]1CN(Cc2ccccc2)C[C@H]1C(F)(F)F. The fourth-order valence-corrected chi connectivity index (χ4v) is 4.01. The Morgan fingerprint density at radius 1 is 1.08 bits per heavy atom. The van der Waals surface area contributed by atoms with Gasteiger partial charge in [0, 0.05) is 25.7 Å². The fourth-order valence-electron chi connectivity index (χ4n) is 4.01. The van der Waals surface area contributed by atoms with Gasteiger partial charge in [-0.25, -0.2) is 0 Å². The van der Waals surface area contributed by atoms with Crippen molar-refractivity contribution in [1.82, 2.24) is 10.2 Å². The van der Waals surface area contributed by atoms with E-state index in [0.717, 1.165) is 37.7 Å². The lowest BCUT2D eigenvalue weighted by Crippen LogP contribution is -2.44. The van der Waals surface area contributed by atoms with Gasteiger partial charge >= 0.3 is 6.18 Å². The minimum Gasteiger partial charge on any atom is -0.353 e. The average molecular weight is 354 g/mol. The number of rotatable bonds is 4. The second-order valence-electron chi connectivity index (χ2n) is 7.28. The predicted molar refractivity (Wildman–Crippen MR) is 89.8 cm³/mol. The first-order chi connectivity index (χ1) is 11.9. The van der Waals surface area contributed by atoms with Gasteiger partial charge in [0.1, 0.15) is 0 Å². The first-order valence-electron chi connectivity index (χ1n) is 9.07. The molecule has 3 nitrogen and oxygen atoms in total. The Labute approximate surface area is 146 Å². The number of hydrogen-bond acceptors (Lipinski definition) is 2. The standard InChI is InChI=1S/C19H25F3N2O/c20-19(21,22)17-13-24(11-14-7-3-1-4-8-14)12-16(17)18(25)23-15-9-5-2-6-10-15/h1,3-4,7-8,15-17H,2,5-6,9-13H2,(H,23,25)/t16-,17+/m0/s1. The molecule has 2 atom stereocenters. The molecule has 2 fully saturated rings. The molecule has 1 aromatic rings. The molecule has 0 spiro atoms. The quantitative estimate of drug-likeness (QED) is 0.893. The van der Waals surface area contributed by atoms with Crippen molar-refractivity contribution < 1.29 is 18.0 Å². The van der Waals surface area contributed by atoms with Crippen LogP contribution in [0.2, 0.25) is 0 Å². The minimum atomic E-state index is -4.35. The molecule has 138 valence electrons. The summed E-state index contributed by atoms with van der Waals surface area (Å²) in [5, 5.41) is 2.88. The maximum atomic E-state index is 13.5. The first-order valence-corrected chi connectivity index (χ1v) is 9.07. The molecule has 1 aliphatic heterocycles. The Balaban J connectivity index is 1.66. The fraction of sp³-hybridized carbons (Fsp3) is 0.632. The van der Waals surface area contributed by atoms with Gasteiger partial charge in [-0.15, -0.1) is 0 Å². The van der Waals surface area contributed by atoms with E-state index in [2.05, 4.69) is 5.32 Å². The number of carbonyl (C=O) groups is 1. The lowest BCUT2D eigenvalue weighted by atomic mass is 9.92. The average Bonchev–Trinajstić information content (AvgIpc) is 3.01. The van der Waals surface area contributed by atoms with Crippen LogP contribution in [0.5, 0.6) is 0 Å². The molecule has 1 heterocycles. The Kier molecular flexibility index (Phi) is 5.67. The molecular formula is C19H25F3N2O. The Morgan fingerprint density at radius 3 is 2.40 bits per heavy atom. The molecule has 25 heavy (non-hydrogen) atoms. The van der Waals surface area contributed by atoms with Crippen LogP contribution in [-0.4, -0.2) is 36.1 Å². The number of amides is 1. The van der Waals surface area contributed by atoms with Gasteiger partial charge in [0.15, 0.2) is 0 Å². The van der Waals surface area contributed by atoms with Crippen molar-refractivity contribution in [3.05, 3.63) is 35.9 Å². The van der Waals surface area contributed by atoms with Crippen LogP contribution in [0.25, 0.3) is 0 Å². The molecule has 6 heteroatoms. The highest BCUT2D eigenvalue weighted by molar-refractivity contribution is 5.80. The number of nitrogens with zero attached hydrogens (tertiary/aromatic N) is 1. The smallest absolute Gasteiger partial charge is 0.353 e. The summed E-state index contributed by atoms with van der Waals surface area (Å²) in [6.45, 7) is 0.499. The summed E-state index contributed by atoms with van der Waals surface area (Å²) in [6, 6.07) is 9.47. The summed E-state index contributed by atoms with van der Waals surface area (Å²) in [5.41, 5.74) is 0.969. The number of nitrogens with one attached hydrogen (secondary N) is 1. The monoisotopic (exact) mass is 354 g/mol. The molecule has 1 amide bonds. The van der Waals surface area contributed by atoms with Crippen LogP contribution < -0.4 is 5.32 Å². The summed E-state index contributed by atoms with van der Waals surface area (Å²) >= 11 is 0. The molecule has 1 saturated carbocycles. The zero-order valence-electron chi connectivity index (χ0n) is 14.3. The maximum Gasteiger partial charge on any atom is 0.393 e. The van der Waals surface area contributed by atoms with Crippen LogP contribution in [-0.2, 0) is 11.3 Å². The maximum absolute atomic E-state index is 13.5. The minimum absolute atomic E-state index is 0.0401. The highest BCUT2D eigenvalue weighted by Crippen LogP contribution is 2.38. The van der Waals surface area contributed by atoms with Crippen molar-refractivity contribution in [2.45, 2.75) is 50.9 Å². The normalized spacial score (nSPS) is 25.9. The van der Waals surface area contributed by atoms with Crippen molar-refractivity contribution in [3.8, 4) is 0 Å². The van der Waals surface area contributed by atoms with Crippen LogP contribution >= 0.6 is 0 Å². The van der Waals surface area contributed by atoms with Crippen LogP contribution in [0.4, 0.5) is 13.2 Å². The molecule has 1 aliphatic carbocycles. The van der Waals surface area contributed by atoms with Gasteiger partial charge in [0.25, 0.3) is 0 Å². The molecular weight excluding hydrogens is 329 g/mol. The molecule has 2 aliphatic rings. The van der Waals surface area contributed by atoms with Gasteiger partial charge in [0.2, 0.25) is 5.91 Å². The van der Waals surface area contributed by atoms with Crippen LogP contribution in [0, 0.1) is 11.8 Å². The molecule has 0 aromatic heterocycles. The number of carbonyl (C=O) groups excluding carboxylic acids is 1. The number of halogens is 3. The van der Waals surface area contributed by atoms with E-state index in [9.17, 15) is 18.0 Å². The summed E-state index contributed by atoms with van der Waals surface area (Å²) in [7, 11) is 0. The van der Waals surface area contributed by atoms with Crippen molar-refractivity contribution in [2.75, 3.05) is 13.1 Å². The topological polar surface area (TPSA) is 32.3 Å². The summed E-state index contributed by atoms with van der Waals surface area (Å²) in [5.74, 6) is -3.02. The zero-order valence-corrected chi connectivity index (χ0v) is 14.3. The van der Waals surface area contributed by atoms with Crippen molar-refractivity contribution in [3.63, 3.8) is 0 Å². The van der Waals surface area contributed by atoms with Crippen LogP contribution in [0.15, 0.2) is 30.3 Å². The van der Waals surface area contributed by atoms with Gasteiger partial charge in [-0.2, -0.15) is 13.2 Å². The van der Waals surface area contributed by atoms with Gasteiger partial charge in [0.05, 0.1) is 11.8 Å². The molecule has 3 rings (SSSR count). The molecule has 0 radical (unpaired) electrons. The molecule has 1 N–H and O–H groups in total.